The van der Waals surface area contributed by atoms with E-state index in [-0.39, 0.29) is 0 Å². The molecule has 2 rings (SSSR count). The first-order valence-electron chi connectivity index (χ1n) is 12.9. The Balaban J connectivity index is 2.60. The van der Waals surface area contributed by atoms with E-state index in [2.05, 4.69) is 70.7 Å². The maximum absolute atomic E-state index is 5.94. The number of hydrogen-bond acceptors (Lipinski definition) is 2. The van der Waals surface area contributed by atoms with Gasteiger partial charge in [0.15, 0.2) is 0 Å². The van der Waals surface area contributed by atoms with Gasteiger partial charge >= 0.3 is 0 Å². The third kappa shape index (κ3) is 7.33. The van der Waals surface area contributed by atoms with Crippen molar-refractivity contribution in [2.24, 2.45) is 0 Å². The molecule has 0 bridgehead atoms. The van der Waals surface area contributed by atoms with E-state index in [1.165, 1.54) is 33.4 Å². The van der Waals surface area contributed by atoms with Crippen LogP contribution in [-0.2, 0) is 12.8 Å². The SMILES string of the molecule is C#CCOc1cc(C)c(C(CCC)c2cc(CCCC)c(OCC#C)cc2C)cc1CCCC. The third-order valence-corrected chi connectivity index (χ3v) is 6.45. The summed E-state index contributed by atoms with van der Waals surface area (Å²) in [6, 6.07) is 9.15. The molecule has 0 spiro atoms. The Morgan fingerprint density at radius 2 is 1.15 bits per heavy atom. The zero-order chi connectivity index (χ0) is 24.9. The van der Waals surface area contributed by atoms with Crippen LogP contribution in [0.4, 0.5) is 0 Å². The summed E-state index contributed by atoms with van der Waals surface area (Å²) in [5.41, 5.74) is 7.82. The first kappa shape index (κ1) is 27.4. The molecule has 0 radical (unpaired) electrons. The minimum Gasteiger partial charge on any atom is -0.481 e. The lowest BCUT2D eigenvalue weighted by Gasteiger charge is -2.25. The number of hydrogen-bond donors (Lipinski definition) is 0. The average molecular weight is 459 g/mol. The molecule has 0 N–H and O–H groups in total. The highest BCUT2D eigenvalue weighted by atomic mass is 16.5. The molecule has 0 amide bonds. The minimum absolute atomic E-state index is 0.301. The van der Waals surface area contributed by atoms with E-state index in [1.54, 1.807) is 0 Å². The summed E-state index contributed by atoms with van der Waals surface area (Å²) in [4.78, 5) is 0. The smallest absolute Gasteiger partial charge is 0.148 e. The summed E-state index contributed by atoms with van der Waals surface area (Å²) in [6.45, 7) is 11.7. The van der Waals surface area contributed by atoms with Crippen molar-refractivity contribution < 1.29 is 9.47 Å². The second-order valence-electron chi connectivity index (χ2n) is 9.17. The van der Waals surface area contributed by atoms with Gasteiger partial charge in [-0.2, -0.15) is 0 Å². The van der Waals surface area contributed by atoms with Gasteiger partial charge in [0.1, 0.15) is 24.7 Å². The quantitative estimate of drug-likeness (QED) is 0.267. The fourth-order valence-corrected chi connectivity index (χ4v) is 4.64. The molecular formula is C32H42O2. The van der Waals surface area contributed by atoms with Crippen LogP contribution >= 0.6 is 0 Å². The van der Waals surface area contributed by atoms with Crippen LogP contribution in [0.5, 0.6) is 11.5 Å². The van der Waals surface area contributed by atoms with E-state index in [4.69, 9.17) is 22.3 Å². The Bertz CT molecular complexity index is 924. The Kier molecular flexibility index (Phi) is 11.6. The van der Waals surface area contributed by atoms with Crippen LogP contribution in [0.25, 0.3) is 0 Å². The molecule has 2 aromatic carbocycles. The monoisotopic (exact) mass is 458 g/mol. The first-order chi connectivity index (χ1) is 16.5. The third-order valence-electron chi connectivity index (χ3n) is 6.45. The number of aryl methyl sites for hydroxylation is 4. The van der Waals surface area contributed by atoms with Gasteiger partial charge in [-0.25, -0.2) is 0 Å². The first-order valence-corrected chi connectivity index (χ1v) is 12.9. The van der Waals surface area contributed by atoms with Crippen LogP contribution in [0.1, 0.15) is 98.6 Å². The summed E-state index contributed by atoms with van der Waals surface area (Å²) in [5, 5.41) is 0. The van der Waals surface area contributed by atoms with Crippen molar-refractivity contribution in [2.45, 2.75) is 91.9 Å². The molecule has 0 aliphatic carbocycles. The number of benzene rings is 2. The molecule has 0 aliphatic heterocycles. The van der Waals surface area contributed by atoms with Gasteiger partial charge in [0.2, 0.25) is 0 Å². The lowest BCUT2D eigenvalue weighted by Crippen LogP contribution is -2.09. The highest BCUT2D eigenvalue weighted by Crippen LogP contribution is 2.39. The predicted octanol–water partition coefficient (Wildman–Crippen LogP) is 7.94. The summed E-state index contributed by atoms with van der Waals surface area (Å²) in [7, 11) is 0. The molecule has 2 heteroatoms. The number of unbranched alkanes of at least 4 members (excludes halogenated alkanes) is 2. The number of ether oxygens (including phenoxy) is 2. The molecule has 0 saturated heterocycles. The molecule has 0 aromatic heterocycles. The van der Waals surface area contributed by atoms with E-state index in [0.29, 0.717) is 19.1 Å². The lowest BCUT2D eigenvalue weighted by molar-refractivity contribution is 0.365. The zero-order valence-corrected chi connectivity index (χ0v) is 21.9. The van der Waals surface area contributed by atoms with E-state index in [1.807, 2.05) is 0 Å². The number of terminal acetylenes is 2. The molecule has 34 heavy (non-hydrogen) atoms. The van der Waals surface area contributed by atoms with Crippen molar-refractivity contribution >= 4 is 0 Å². The topological polar surface area (TPSA) is 18.5 Å². The molecule has 0 aliphatic rings. The van der Waals surface area contributed by atoms with Crippen molar-refractivity contribution in [3.63, 3.8) is 0 Å². The number of rotatable bonds is 14. The van der Waals surface area contributed by atoms with Gasteiger partial charge < -0.3 is 9.47 Å². The van der Waals surface area contributed by atoms with E-state index in [9.17, 15) is 0 Å². The maximum atomic E-state index is 5.94. The standard InChI is InChI=1S/C32H42O2/c1-8-13-16-26-22-29(24(6)20-31(26)33-18-11-4)28(15-10-3)30-23-27(17-14-9-2)32(21-25(30)7)34-19-12-5/h4-5,20-23,28H,8-10,13-19H2,1-3,6-7H3. The van der Waals surface area contributed by atoms with Gasteiger partial charge in [-0.1, -0.05) is 64.0 Å². The van der Waals surface area contributed by atoms with Crippen LogP contribution in [-0.4, -0.2) is 13.2 Å². The molecule has 0 fully saturated rings. The average Bonchev–Trinajstić information content (AvgIpc) is 2.83. The Morgan fingerprint density at radius 3 is 1.50 bits per heavy atom. The van der Waals surface area contributed by atoms with E-state index < -0.39 is 0 Å². The summed E-state index contributed by atoms with van der Waals surface area (Å²) < 4.78 is 11.9. The van der Waals surface area contributed by atoms with Crippen LogP contribution < -0.4 is 9.47 Å². The fraction of sp³-hybridized carbons (Fsp3) is 0.500. The molecular weight excluding hydrogens is 416 g/mol. The zero-order valence-electron chi connectivity index (χ0n) is 21.9. The maximum Gasteiger partial charge on any atom is 0.148 e. The fourth-order valence-electron chi connectivity index (χ4n) is 4.64. The Morgan fingerprint density at radius 1 is 0.706 bits per heavy atom. The van der Waals surface area contributed by atoms with Gasteiger partial charge in [0.05, 0.1) is 0 Å². The highest BCUT2D eigenvalue weighted by Gasteiger charge is 2.22. The second-order valence-corrected chi connectivity index (χ2v) is 9.17. The Hall–Kier alpha value is -2.84. The normalized spacial score (nSPS) is 10.7. The molecule has 0 saturated carbocycles. The van der Waals surface area contributed by atoms with Crippen molar-refractivity contribution in [3.8, 4) is 36.2 Å². The van der Waals surface area contributed by atoms with Gasteiger partial charge in [0.25, 0.3) is 0 Å². The molecule has 0 atom stereocenters. The van der Waals surface area contributed by atoms with Crippen LogP contribution in [0.15, 0.2) is 24.3 Å². The minimum atomic E-state index is 0.301. The summed E-state index contributed by atoms with van der Waals surface area (Å²) in [5.74, 6) is 7.40. The van der Waals surface area contributed by atoms with E-state index >= 15 is 0 Å². The van der Waals surface area contributed by atoms with Gasteiger partial charge in [0, 0.05) is 5.92 Å². The van der Waals surface area contributed by atoms with Crippen molar-refractivity contribution in [2.75, 3.05) is 13.2 Å². The summed E-state index contributed by atoms with van der Waals surface area (Å²) >= 11 is 0. The summed E-state index contributed by atoms with van der Waals surface area (Å²) in [6.07, 6.45) is 19.7. The largest absolute Gasteiger partial charge is 0.481 e. The van der Waals surface area contributed by atoms with E-state index in [0.717, 1.165) is 62.9 Å². The van der Waals surface area contributed by atoms with Crippen molar-refractivity contribution in [3.05, 3.63) is 57.6 Å². The van der Waals surface area contributed by atoms with Gasteiger partial charge in [-0.05, 0) is 91.5 Å². The van der Waals surface area contributed by atoms with Gasteiger partial charge in [-0.3, -0.25) is 0 Å². The predicted molar refractivity (Wildman–Crippen MR) is 145 cm³/mol. The highest BCUT2D eigenvalue weighted by molar-refractivity contribution is 5.51. The van der Waals surface area contributed by atoms with Crippen LogP contribution in [0.3, 0.4) is 0 Å². The lowest BCUT2D eigenvalue weighted by atomic mass is 9.81. The molecule has 0 unspecified atom stereocenters. The van der Waals surface area contributed by atoms with Crippen molar-refractivity contribution in [1.29, 1.82) is 0 Å². The van der Waals surface area contributed by atoms with Crippen LogP contribution in [0.2, 0.25) is 0 Å². The molecule has 2 aromatic rings. The van der Waals surface area contributed by atoms with Gasteiger partial charge in [-0.15, -0.1) is 12.8 Å². The molecule has 0 heterocycles. The second kappa shape index (κ2) is 14.4. The Labute approximate surface area is 208 Å². The molecule has 182 valence electrons. The van der Waals surface area contributed by atoms with Crippen LogP contribution in [0, 0.1) is 38.5 Å². The molecule has 2 nitrogen and oxygen atoms in total. The van der Waals surface area contributed by atoms with Crippen molar-refractivity contribution in [1.82, 2.24) is 0 Å².